The van der Waals surface area contributed by atoms with Crippen LogP contribution in [0, 0.1) is 0 Å². The number of pyridine rings is 1. The zero-order valence-corrected chi connectivity index (χ0v) is 11.5. The second-order valence-corrected chi connectivity index (χ2v) is 5.24. The maximum atomic E-state index is 12.2. The minimum absolute atomic E-state index is 0.00226. The van der Waals surface area contributed by atoms with Gasteiger partial charge in [0.1, 0.15) is 0 Å². The predicted molar refractivity (Wildman–Crippen MR) is 73.2 cm³/mol. The Bertz CT molecular complexity index is 559. The number of aromatic nitrogens is 1. The molecule has 2 saturated heterocycles. The minimum atomic E-state index is -0.355. The van der Waals surface area contributed by atoms with E-state index in [2.05, 4.69) is 10.3 Å². The van der Waals surface area contributed by atoms with Crippen LogP contribution in [0.2, 0.25) is 0 Å². The van der Waals surface area contributed by atoms with Crippen LogP contribution in [0.1, 0.15) is 12.0 Å². The van der Waals surface area contributed by atoms with Crippen molar-refractivity contribution < 1.29 is 14.4 Å². The van der Waals surface area contributed by atoms with Gasteiger partial charge in [-0.3, -0.25) is 19.5 Å². The van der Waals surface area contributed by atoms with Crippen LogP contribution >= 0.6 is 0 Å². The van der Waals surface area contributed by atoms with Gasteiger partial charge in [-0.05, 0) is 18.1 Å². The van der Waals surface area contributed by atoms with Crippen molar-refractivity contribution in [3.8, 4) is 0 Å². The third-order valence-electron chi connectivity index (χ3n) is 3.84. The molecule has 7 heteroatoms. The fraction of sp³-hybridized carbons (Fsp3) is 0.429. The topological polar surface area (TPSA) is 82.6 Å². The fourth-order valence-electron chi connectivity index (χ4n) is 2.77. The number of nitrogens with zero attached hydrogens (tertiary/aromatic N) is 3. The molecule has 3 heterocycles. The maximum absolute atomic E-state index is 12.2. The van der Waals surface area contributed by atoms with Crippen LogP contribution in [0.4, 0.5) is 4.79 Å². The molecule has 1 atom stereocenters. The van der Waals surface area contributed by atoms with Gasteiger partial charge < -0.3 is 10.2 Å². The van der Waals surface area contributed by atoms with Gasteiger partial charge >= 0.3 is 6.03 Å². The Kier molecular flexibility index (Phi) is 3.55. The van der Waals surface area contributed by atoms with E-state index in [0.717, 1.165) is 5.56 Å². The Labute approximate surface area is 121 Å². The van der Waals surface area contributed by atoms with Crippen LogP contribution in [-0.4, -0.2) is 58.3 Å². The zero-order valence-electron chi connectivity index (χ0n) is 11.5. The third-order valence-corrected chi connectivity index (χ3v) is 3.84. The summed E-state index contributed by atoms with van der Waals surface area (Å²) in [5.74, 6) is -0.218. The smallest absolute Gasteiger partial charge is 0.324 e. The van der Waals surface area contributed by atoms with Gasteiger partial charge in [-0.1, -0.05) is 6.07 Å². The van der Waals surface area contributed by atoms with Crippen LogP contribution in [0.25, 0.3) is 0 Å². The van der Waals surface area contributed by atoms with E-state index in [1.54, 1.807) is 23.4 Å². The lowest BCUT2D eigenvalue weighted by molar-refractivity contribution is -0.131. The number of carbonyl (C=O) groups is 3. The molecule has 0 radical (unpaired) electrons. The Balaban J connectivity index is 1.60. The number of hydrogen-bond acceptors (Lipinski definition) is 4. The van der Waals surface area contributed by atoms with Crippen molar-refractivity contribution in [3.05, 3.63) is 30.1 Å². The highest BCUT2D eigenvalue weighted by Gasteiger charge is 2.39. The molecule has 0 spiro atoms. The average Bonchev–Trinajstić information content (AvgIpc) is 3.07. The number of urea groups is 1. The Morgan fingerprint density at radius 2 is 2.29 bits per heavy atom. The van der Waals surface area contributed by atoms with Crippen molar-refractivity contribution in [3.63, 3.8) is 0 Å². The lowest BCUT2D eigenvalue weighted by atomic mass is 10.2. The van der Waals surface area contributed by atoms with Gasteiger partial charge in [0.15, 0.2) is 0 Å². The number of likely N-dealkylation sites (tertiary alicyclic amines) is 1. The summed E-state index contributed by atoms with van der Waals surface area (Å²) in [5, 5.41) is 2.51. The number of rotatable bonds is 3. The highest BCUT2D eigenvalue weighted by atomic mass is 16.2. The number of carbonyl (C=O) groups excluding carboxylic acids is 3. The van der Waals surface area contributed by atoms with Crippen LogP contribution in [-0.2, 0) is 16.0 Å². The molecule has 7 nitrogen and oxygen atoms in total. The lowest BCUT2D eigenvalue weighted by Crippen LogP contribution is -2.43. The highest BCUT2D eigenvalue weighted by molar-refractivity contribution is 6.02. The fourth-order valence-corrected chi connectivity index (χ4v) is 2.77. The molecule has 0 bridgehead atoms. The number of hydrogen-bond donors (Lipinski definition) is 1. The first-order valence-corrected chi connectivity index (χ1v) is 6.91. The molecule has 0 aliphatic carbocycles. The molecule has 0 saturated carbocycles. The molecule has 0 aromatic carbocycles. The van der Waals surface area contributed by atoms with Crippen molar-refractivity contribution in [2.45, 2.75) is 18.9 Å². The van der Waals surface area contributed by atoms with E-state index in [9.17, 15) is 14.4 Å². The average molecular weight is 288 g/mol. The van der Waals surface area contributed by atoms with Gasteiger partial charge in [-0.15, -0.1) is 0 Å². The SMILES string of the molecule is O=C(Cc1cccnc1)N1CCC(N2C(=O)CNC2=O)C1. The molecule has 1 aromatic heterocycles. The van der Waals surface area contributed by atoms with Crippen LogP contribution in [0.3, 0.4) is 0 Å². The van der Waals surface area contributed by atoms with Gasteiger partial charge in [-0.2, -0.15) is 0 Å². The van der Waals surface area contributed by atoms with Gasteiger partial charge in [-0.25, -0.2) is 4.79 Å². The third kappa shape index (κ3) is 2.72. The molecule has 2 fully saturated rings. The summed E-state index contributed by atoms with van der Waals surface area (Å²) in [6.07, 6.45) is 4.26. The molecule has 1 aromatic rings. The van der Waals surface area contributed by atoms with Gasteiger partial charge in [0.25, 0.3) is 0 Å². The second kappa shape index (κ2) is 5.51. The normalized spacial score (nSPS) is 21.8. The predicted octanol–water partition coefficient (Wildman–Crippen LogP) is -0.223. The number of imide groups is 1. The summed E-state index contributed by atoms with van der Waals surface area (Å²) in [7, 11) is 0. The summed E-state index contributed by atoms with van der Waals surface area (Å²) in [4.78, 5) is 42.5. The Morgan fingerprint density at radius 1 is 1.43 bits per heavy atom. The maximum Gasteiger partial charge on any atom is 0.324 e. The number of nitrogens with one attached hydrogen (secondary N) is 1. The van der Waals surface area contributed by atoms with Crippen LogP contribution in [0.15, 0.2) is 24.5 Å². The zero-order chi connectivity index (χ0) is 14.8. The molecule has 21 heavy (non-hydrogen) atoms. The van der Waals surface area contributed by atoms with Crippen LogP contribution < -0.4 is 5.32 Å². The highest BCUT2D eigenvalue weighted by Crippen LogP contribution is 2.19. The van der Waals surface area contributed by atoms with E-state index in [-0.39, 0.29) is 30.4 Å². The summed E-state index contributed by atoms with van der Waals surface area (Å²) >= 11 is 0. The summed E-state index contributed by atoms with van der Waals surface area (Å²) < 4.78 is 0. The molecule has 2 aliphatic heterocycles. The molecule has 1 N–H and O–H groups in total. The van der Waals surface area contributed by atoms with Crippen molar-refractivity contribution in [2.75, 3.05) is 19.6 Å². The van der Waals surface area contributed by atoms with E-state index >= 15 is 0 Å². The van der Waals surface area contributed by atoms with E-state index in [0.29, 0.717) is 25.9 Å². The molecule has 4 amide bonds. The van der Waals surface area contributed by atoms with Crippen molar-refractivity contribution in [1.29, 1.82) is 0 Å². The monoisotopic (exact) mass is 288 g/mol. The summed E-state index contributed by atoms with van der Waals surface area (Å²) in [5.41, 5.74) is 0.862. The van der Waals surface area contributed by atoms with Crippen LogP contribution in [0.5, 0.6) is 0 Å². The van der Waals surface area contributed by atoms with Crippen molar-refractivity contribution in [2.24, 2.45) is 0 Å². The van der Waals surface area contributed by atoms with E-state index < -0.39 is 0 Å². The first-order chi connectivity index (χ1) is 10.1. The standard InChI is InChI=1S/C14H16N4O3/c19-12(6-10-2-1-4-15-7-10)17-5-3-11(9-17)18-13(20)8-16-14(18)21/h1-2,4,7,11H,3,5-6,8-9H2,(H,16,21). The minimum Gasteiger partial charge on any atom is -0.340 e. The summed E-state index contributed by atoms with van der Waals surface area (Å²) in [6, 6.07) is 3.09. The molecule has 1 unspecified atom stereocenters. The number of amides is 4. The van der Waals surface area contributed by atoms with E-state index in [1.165, 1.54) is 4.90 Å². The second-order valence-electron chi connectivity index (χ2n) is 5.24. The first kappa shape index (κ1) is 13.5. The Hall–Kier alpha value is -2.44. The molecule has 3 rings (SSSR count). The lowest BCUT2D eigenvalue weighted by Gasteiger charge is -2.21. The Morgan fingerprint density at radius 3 is 2.95 bits per heavy atom. The van der Waals surface area contributed by atoms with Crippen molar-refractivity contribution >= 4 is 17.8 Å². The van der Waals surface area contributed by atoms with Gasteiger partial charge in [0.05, 0.1) is 19.0 Å². The van der Waals surface area contributed by atoms with Gasteiger partial charge in [0, 0.05) is 25.5 Å². The molecule has 2 aliphatic rings. The largest absolute Gasteiger partial charge is 0.340 e. The van der Waals surface area contributed by atoms with E-state index in [4.69, 9.17) is 0 Å². The van der Waals surface area contributed by atoms with E-state index in [1.807, 2.05) is 6.07 Å². The molecular formula is C14H16N4O3. The molecular weight excluding hydrogens is 272 g/mol. The molecule has 110 valence electrons. The van der Waals surface area contributed by atoms with Gasteiger partial charge in [0.2, 0.25) is 11.8 Å². The quantitative estimate of drug-likeness (QED) is 0.779. The van der Waals surface area contributed by atoms with Crippen molar-refractivity contribution in [1.82, 2.24) is 20.1 Å². The summed E-state index contributed by atoms with van der Waals surface area (Å²) in [6.45, 7) is 1.04. The first-order valence-electron chi connectivity index (χ1n) is 6.91.